The highest BCUT2D eigenvalue weighted by molar-refractivity contribution is 5.74. The molecule has 1 aromatic rings. The van der Waals surface area contributed by atoms with E-state index >= 15 is 0 Å². The van der Waals surface area contributed by atoms with Gasteiger partial charge in [-0.05, 0) is 25.1 Å². The Morgan fingerprint density at radius 3 is 2.55 bits per heavy atom. The van der Waals surface area contributed by atoms with Gasteiger partial charge >= 0.3 is 6.61 Å². The van der Waals surface area contributed by atoms with Crippen LogP contribution in [0.2, 0.25) is 0 Å². The van der Waals surface area contributed by atoms with Crippen molar-refractivity contribution in [3.05, 3.63) is 18.2 Å². The van der Waals surface area contributed by atoms with E-state index in [9.17, 15) is 8.78 Å². The molecule has 0 aromatic heterocycles. The fourth-order valence-corrected chi connectivity index (χ4v) is 2.54. The van der Waals surface area contributed by atoms with Gasteiger partial charge in [-0.25, -0.2) is 0 Å². The Morgan fingerprint density at radius 2 is 1.95 bits per heavy atom. The molecule has 0 spiro atoms. The largest absolute Gasteiger partial charge is 0.433 e. The number of para-hydroxylation sites is 1. The zero-order valence-electron chi connectivity index (χ0n) is 11.7. The number of benzene rings is 1. The van der Waals surface area contributed by atoms with E-state index in [0.717, 1.165) is 44.8 Å². The van der Waals surface area contributed by atoms with Gasteiger partial charge in [0.1, 0.15) is 0 Å². The van der Waals surface area contributed by atoms with E-state index in [2.05, 4.69) is 21.5 Å². The van der Waals surface area contributed by atoms with Crippen LogP contribution < -0.4 is 15.4 Å². The monoisotopic (exact) mass is 285 g/mol. The molecule has 2 rings (SSSR count). The van der Waals surface area contributed by atoms with E-state index in [4.69, 9.17) is 5.73 Å². The minimum absolute atomic E-state index is 0.0495. The second-order valence-corrected chi connectivity index (χ2v) is 4.90. The van der Waals surface area contributed by atoms with E-state index in [1.807, 2.05) is 6.07 Å². The Bertz CT molecular complexity index is 434. The van der Waals surface area contributed by atoms with E-state index < -0.39 is 6.61 Å². The molecule has 1 heterocycles. The molecule has 1 aromatic carbocycles. The number of hydrogen-bond donors (Lipinski definition) is 1. The third kappa shape index (κ3) is 3.50. The lowest BCUT2D eigenvalue weighted by molar-refractivity contribution is -0.0493. The first-order chi connectivity index (χ1) is 9.61. The number of hydrogen-bond acceptors (Lipinski definition) is 4. The lowest BCUT2D eigenvalue weighted by atomic mass is 10.2. The number of nitrogens with zero attached hydrogens (tertiary/aromatic N) is 2. The van der Waals surface area contributed by atoms with Gasteiger partial charge in [0, 0.05) is 26.2 Å². The van der Waals surface area contributed by atoms with Gasteiger partial charge in [-0.3, -0.25) is 4.90 Å². The highest BCUT2D eigenvalue weighted by Gasteiger charge is 2.20. The summed E-state index contributed by atoms with van der Waals surface area (Å²) in [7, 11) is 0. The van der Waals surface area contributed by atoms with Crippen molar-refractivity contribution in [3.8, 4) is 5.75 Å². The number of halogens is 2. The molecule has 0 aliphatic carbocycles. The van der Waals surface area contributed by atoms with Crippen molar-refractivity contribution in [1.29, 1.82) is 0 Å². The van der Waals surface area contributed by atoms with Crippen LogP contribution in [0.25, 0.3) is 0 Å². The van der Waals surface area contributed by atoms with Crippen LogP contribution in [0.15, 0.2) is 18.2 Å². The summed E-state index contributed by atoms with van der Waals surface area (Å²) in [6, 6.07) is 5.02. The zero-order valence-corrected chi connectivity index (χ0v) is 11.7. The summed E-state index contributed by atoms with van der Waals surface area (Å²) in [6.45, 7) is 4.03. The van der Waals surface area contributed by atoms with Gasteiger partial charge in [0.15, 0.2) is 5.75 Å². The first kappa shape index (κ1) is 14.8. The van der Waals surface area contributed by atoms with Gasteiger partial charge in [-0.1, -0.05) is 13.0 Å². The summed E-state index contributed by atoms with van der Waals surface area (Å²) < 4.78 is 29.1. The average Bonchev–Trinajstić information content (AvgIpc) is 2.42. The maximum Gasteiger partial charge on any atom is 0.387 e. The molecule has 4 nitrogen and oxygen atoms in total. The zero-order chi connectivity index (χ0) is 14.5. The second-order valence-electron chi connectivity index (χ2n) is 4.90. The minimum atomic E-state index is -2.85. The second kappa shape index (κ2) is 6.74. The van der Waals surface area contributed by atoms with Crippen molar-refractivity contribution < 1.29 is 13.5 Å². The molecule has 6 heteroatoms. The summed E-state index contributed by atoms with van der Waals surface area (Å²) in [5.74, 6) is 0.0495. The molecule has 112 valence electrons. The molecule has 1 fully saturated rings. The van der Waals surface area contributed by atoms with Crippen molar-refractivity contribution in [3.63, 3.8) is 0 Å². The molecule has 1 aliphatic rings. The Balaban J connectivity index is 2.06. The number of nitrogens with two attached hydrogens (primary N) is 1. The molecule has 0 bridgehead atoms. The van der Waals surface area contributed by atoms with Crippen LogP contribution >= 0.6 is 0 Å². The van der Waals surface area contributed by atoms with Crippen molar-refractivity contribution in [1.82, 2.24) is 4.90 Å². The van der Waals surface area contributed by atoms with E-state index in [0.29, 0.717) is 0 Å². The number of piperazine rings is 1. The maximum atomic E-state index is 12.3. The Morgan fingerprint density at radius 1 is 1.25 bits per heavy atom. The van der Waals surface area contributed by atoms with Crippen LogP contribution in [-0.4, -0.2) is 44.2 Å². The lowest BCUT2D eigenvalue weighted by Gasteiger charge is -2.36. The van der Waals surface area contributed by atoms with Gasteiger partial charge < -0.3 is 15.4 Å². The normalized spacial score (nSPS) is 16.7. The predicted molar refractivity (Wildman–Crippen MR) is 76.4 cm³/mol. The molecule has 0 radical (unpaired) electrons. The molecule has 1 aliphatic heterocycles. The Kier molecular flexibility index (Phi) is 5.00. The average molecular weight is 285 g/mol. The number of anilines is 2. The number of nitrogen functional groups attached to an aromatic ring is 1. The van der Waals surface area contributed by atoms with Gasteiger partial charge in [-0.15, -0.1) is 0 Å². The number of rotatable bonds is 5. The number of alkyl halides is 2. The van der Waals surface area contributed by atoms with Gasteiger partial charge in [0.2, 0.25) is 0 Å². The molecule has 0 atom stereocenters. The quantitative estimate of drug-likeness (QED) is 0.844. The van der Waals surface area contributed by atoms with Crippen LogP contribution in [0.1, 0.15) is 13.3 Å². The fraction of sp³-hybridized carbons (Fsp3) is 0.571. The first-order valence-electron chi connectivity index (χ1n) is 6.92. The first-order valence-corrected chi connectivity index (χ1v) is 6.92. The molecule has 2 N–H and O–H groups in total. The highest BCUT2D eigenvalue weighted by atomic mass is 19.3. The van der Waals surface area contributed by atoms with Gasteiger partial charge in [0.05, 0.1) is 11.4 Å². The van der Waals surface area contributed by atoms with E-state index in [1.165, 1.54) is 6.07 Å². The van der Waals surface area contributed by atoms with Crippen LogP contribution in [0.5, 0.6) is 5.75 Å². The maximum absolute atomic E-state index is 12.3. The Hall–Kier alpha value is -1.56. The van der Waals surface area contributed by atoms with Crippen molar-refractivity contribution in [2.24, 2.45) is 0 Å². The molecular formula is C14H21F2N3O. The fourth-order valence-electron chi connectivity index (χ4n) is 2.54. The molecule has 20 heavy (non-hydrogen) atoms. The predicted octanol–water partition coefficient (Wildman–Crippen LogP) is 2.40. The standard InChI is InChI=1S/C14H21F2N3O/c1-2-6-18-7-9-19(10-8-18)11-4-3-5-12(13(11)17)20-14(15)16/h3-5,14H,2,6-10,17H2,1H3. The van der Waals surface area contributed by atoms with E-state index in [-0.39, 0.29) is 11.4 Å². The topological polar surface area (TPSA) is 41.7 Å². The summed E-state index contributed by atoms with van der Waals surface area (Å²) >= 11 is 0. The van der Waals surface area contributed by atoms with Gasteiger partial charge in [0.25, 0.3) is 0 Å². The van der Waals surface area contributed by atoms with Crippen molar-refractivity contribution in [2.75, 3.05) is 43.4 Å². The van der Waals surface area contributed by atoms with Crippen molar-refractivity contribution >= 4 is 11.4 Å². The highest BCUT2D eigenvalue weighted by Crippen LogP contribution is 2.33. The van der Waals surface area contributed by atoms with Gasteiger partial charge in [-0.2, -0.15) is 8.78 Å². The molecule has 0 unspecified atom stereocenters. The molecule has 0 saturated carbocycles. The lowest BCUT2D eigenvalue weighted by Crippen LogP contribution is -2.46. The number of ether oxygens (including phenoxy) is 1. The summed E-state index contributed by atoms with van der Waals surface area (Å²) in [5.41, 5.74) is 7.01. The summed E-state index contributed by atoms with van der Waals surface area (Å²) in [6.07, 6.45) is 1.14. The Labute approximate surface area is 118 Å². The van der Waals surface area contributed by atoms with E-state index in [1.54, 1.807) is 6.07 Å². The van der Waals surface area contributed by atoms with Crippen LogP contribution in [0, 0.1) is 0 Å². The van der Waals surface area contributed by atoms with Crippen LogP contribution in [0.4, 0.5) is 20.2 Å². The van der Waals surface area contributed by atoms with Crippen molar-refractivity contribution in [2.45, 2.75) is 20.0 Å². The molecule has 0 amide bonds. The molecule has 1 saturated heterocycles. The molecular weight excluding hydrogens is 264 g/mol. The summed E-state index contributed by atoms with van der Waals surface area (Å²) in [4.78, 5) is 4.52. The third-order valence-electron chi connectivity index (χ3n) is 3.51. The third-order valence-corrected chi connectivity index (χ3v) is 3.51. The smallest absolute Gasteiger partial charge is 0.387 e. The minimum Gasteiger partial charge on any atom is -0.433 e. The van der Waals surface area contributed by atoms with Crippen LogP contribution in [-0.2, 0) is 0 Å². The SMILES string of the molecule is CCCN1CCN(c2cccc(OC(F)F)c2N)CC1. The summed E-state index contributed by atoms with van der Waals surface area (Å²) in [5, 5.41) is 0. The van der Waals surface area contributed by atoms with Crippen LogP contribution in [0.3, 0.4) is 0 Å².